The molecule has 0 saturated carbocycles. The molecule has 0 unspecified atom stereocenters. The van der Waals surface area contributed by atoms with Crippen molar-refractivity contribution in [2.45, 2.75) is 52.0 Å². The van der Waals surface area contributed by atoms with Gasteiger partial charge in [-0.3, -0.25) is 4.79 Å². The van der Waals surface area contributed by atoms with Crippen LogP contribution in [0.15, 0.2) is 54.6 Å². The number of fused-ring (bicyclic) bond motifs is 1. The molecular weight excluding hydrogens is 346 g/mol. The Morgan fingerprint density at radius 1 is 1.07 bits per heavy atom. The maximum absolute atomic E-state index is 12.3. The largest absolute Gasteiger partial charge is 0.350 e. The van der Waals surface area contributed by atoms with Gasteiger partial charge in [-0.2, -0.15) is 5.10 Å². The molecule has 1 aliphatic rings. The molecule has 1 aliphatic carbocycles. The lowest BCUT2D eigenvalue weighted by Crippen LogP contribution is -2.23. The number of para-hydroxylation sites is 1. The van der Waals surface area contributed by atoms with E-state index in [2.05, 4.69) is 53.3 Å². The summed E-state index contributed by atoms with van der Waals surface area (Å²) < 4.78 is 2.06. The molecule has 2 aromatic carbocycles. The second kappa shape index (κ2) is 8.42. The van der Waals surface area contributed by atoms with E-state index in [0.717, 1.165) is 43.5 Å². The highest BCUT2D eigenvalue weighted by Crippen LogP contribution is 2.27. The van der Waals surface area contributed by atoms with Crippen molar-refractivity contribution in [1.82, 2.24) is 15.1 Å². The summed E-state index contributed by atoms with van der Waals surface area (Å²) >= 11 is 0. The van der Waals surface area contributed by atoms with Crippen LogP contribution in [0.1, 0.15) is 47.3 Å². The third-order valence-corrected chi connectivity index (χ3v) is 5.46. The normalized spacial score (nSPS) is 12.8. The fourth-order valence-corrected chi connectivity index (χ4v) is 3.92. The van der Waals surface area contributed by atoms with Gasteiger partial charge in [-0.05, 0) is 62.3 Å². The fourth-order valence-electron chi connectivity index (χ4n) is 3.92. The number of carbonyl (C=O) groups excluding carboxylic acids is 1. The van der Waals surface area contributed by atoms with Crippen molar-refractivity contribution in [3.05, 3.63) is 82.7 Å². The van der Waals surface area contributed by atoms with E-state index >= 15 is 0 Å². The summed E-state index contributed by atoms with van der Waals surface area (Å²) in [5.41, 5.74) is 7.29. The minimum Gasteiger partial charge on any atom is -0.350 e. The van der Waals surface area contributed by atoms with Gasteiger partial charge in [0.2, 0.25) is 5.91 Å². The van der Waals surface area contributed by atoms with Crippen molar-refractivity contribution in [2.24, 2.45) is 0 Å². The van der Waals surface area contributed by atoms with Gasteiger partial charge in [0.05, 0.1) is 17.9 Å². The molecule has 0 radical (unpaired) electrons. The number of rotatable bonds is 7. The number of aryl methyl sites for hydroxylation is 2. The molecular formula is C24H27N3O. The van der Waals surface area contributed by atoms with Crippen molar-refractivity contribution < 1.29 is 4.79 Å². The highest BCUT2D eigenvalue weighted by molar-refractivity contribution is 5.75. The van der Waals surface area contributed by atoms with E-state index in [0.29, 0.717) is 13.0 Å². The predicted octanol–water partition coefficient (Wildman–Crippen LogP) is 4.31. The summed E-state index contributed by atoms with van der Waals surface area (Å²) in [4.78, 5) is 12.3. The molecule has 1 N–H and O–H groups in total. The molecule has 0 bridgehead atoms. The van der Waals surface area contributed by atoms with Gasteiger partial charge < -0.3 is 5.32 Å². The van der Waals surface area contributed by atoms with Crippen LogP contribution in [0.5, 0.6) is 0 Å². The molecule has 28 heavy (non-hydrogen) atoms. The first kappa shape index (κ1) is 18.5. The SMILES string of the molecule is Cc1ccc(CCCC(=O)NCc2nn(-c3ccccc3)c3c2CCC3)cc1. The molecule has 3 aromatic rings. The van der Waals surface area contributed by atoms with Crippen LogP contribution in [0, 0.1) is 6.92 Å². The molecule has 1 amide bonds. The number of nitrogens with one attached hydrogen (secondary N) is 1. The van der Waals surface area contributed by atoms with E-state index in [4.69, 9.17) is 5.10 Å². The smallest absolute Gasteiger partial charge is 0.220 e. The van der Waals surface area contributed by atoms with Gasteiger partial charge in [-0.25, -0.2) is 4.68 Å². The Hall–Kier alpha value is -2.88. The number of nitrogens with zero attached hydrogens (tertiary/aromatic N) is 2. The fraction of sp³-hybridized carbons (Fsp3) is 0.333. The third-order valence-electron chi connectivity index (χ3n) is 5.46. The first-order chi connectivity index (χ1) is 13.7. The number of amides is 1. The lowest BCUT2D eigenvalue weighted by atomic mass is 10.1. The summed E-state index contributed by atoms with van der Waals surface area (Å²) in [7, 11) is 0. The van der Waals surface area contributed by atoms with Crippen molar-refractivity contribution in [3.63, 3.8) is 0 Å². The monoisotopic (exact) mass is 373 g/mol. The molecule has 4 nitrogen and oxygen atoms in total. The summed E-state index contributed by atoms with van der Waals surface area (Å²) in [6, 6.07) is 18.8. The Morgan fingerprint density at radius 3 is 2.64 bits per heavy atom. The average Bonchev–Trinajstić information content (AvgIpc) is 3.32. The second-order valence-corrected chi connectivity index (χ2v) is 7.59. The van der Waals surface area contributed by atoms with Crippen molar-refractivity contribution in [3.8, 4) is 5.69 Å². The van der Waals surface area contributed by atoms with Gasteiger partial charge in [0.1, 0.15) is 0 Å². The minimum atomic E-state index is 0.105. The molecule has 0 aliphatic heterocycles. The molecule has 4 heteroatoms. The zero-order valence-corrected chi connectivity index (χ0v) is 16.4. The molecule has 1 aromatic heterocycles. The van der Waals surface area contributed by atoms with Crippen LogP contribution in [0.25, 0.3) is 5.69 Å². The van der Waals surface area contributed by atoms with Crippen LogP contribution in [0.3, 0.4) is 0 Å². The van der Waals surface area contributed by atoms with Crippen molar-refractivity contribution in [2.75, 3.05) is 0 Å². The molecule has 144 valence electrons. The topological polar surface area (TPSA) is 46.9 Å². The lowest BCUT2D eigenvalue weighted by molar-refractivity contribution is -0.121. The molecule has 0 atom stereocenters. The van der Waals surface area contributed by atoms with Crippen LogP contribution >= 0.6 is 0 Å². The summed E-state index contributed by atoms with van der Waals surface area (Å²) in [6.45, 7) is 2.61. The van der Waals surface area contributed by atoms with Crippen LogP contribution < -0.4 is 5.32 Å². The van der Waals surface area contributed by atoms with E-state index in [1.54, 1.807) is 0 Å². The highest BCUT2D eigenvalue weighted by atomic mass is 16.1. The average molecular weight is 374 g/mol. The number of benzene rings is 2. The van der Waals surface area contributed by atoms with Gasteiger partial charge >= 0.3 is 0 Å². The highest BCUT2D eigenvalue weighted by Gasteiger charge is 2.23. The molecule has 0 fully saturated rings. The van der Waals surface area contributed by atoms with Gasteiger partial charge in [0.15, 0.2) is 0 Å². The lowest BCUT2D eigenvalue weighted by Gasteiger charge is -2.06. The van der Waals surface area contributed by atoms with Crippen molar-refractivity contribution in [1.29, 1.82) is 0 Å². The zero-order valence-electron chi connectivity index (χ0n) is 16.4. The quantitative estimate of drug-likeness (QED) is 0.671. The molecule has 0 saturated heterocycles. The second-order valence-electron chi connectivity index (χ2n) is 7.59. The van der Waals surface area contributed by atoms with Crippen LogP contribution in [-0.4, -0.2) is 15.7 Å². The Labute approximate surface area is 166 Å². The van der Waals surface area contributed by atoms with Crippen LogP contribution in [0.2, 0.25) is 0 Å². The van der Waals surface area contributed by atoms with Gasteiger partial charge in [-0.15, -0.1) is 0 Å². The standard InChI is InChI=1S/C24H27N3O/c1-18-13-15-19(16-14-18)7-5-12-24(28)25-17-22-21-10-6-11-23(21)27(26-22)20-8-3-2-4-9-20/h2-4,8-9,13-16H,5-7,10-12,17H2,1H3,(H,25,28). The summed E-state index contributed by atoms with van der Waals surface area (Å²) in [5.74, 6) is 0.105. The van der Waals surface area contributed by atoms with Gasteiger partial charge in [-0.1, -0.05) is 48.0 Å². The number of hydrogen-bond donors (Lipinski definition) is 1. The first-order valence-corrected chi connectivity index (χ1v) is 10.2. The van der Waals surface area contributed by atoms with Gasteiger partial charge in [0.25, 0.3) is 0 Å². The Morgan fingerprint density at radius 2 is 1.86 bits per heavy atom. The van der Waals surface area contributed by atoms with E-state index in [1.165, 1.54) is 22.4 Å². The molecule has 0 spiro atoms. The van der Waals surface area contributed by atoms with Crippen molar-refractivity contribution >= 4 is 5.91 Å². The van der Waals surface area contributed by atoms with Gasteiger partial charge in [0, 0.05) is 12.1 Å². The van der Waals surface area contributed by atoms with E-state index in [-0.39, 0.29) is 5.91 Å². The first-order valence-electron chi connectivity index (χ1n) is 10.2. The number of hydrogen-bond acceptors (Lipinski definition) is 2. The van der Waals surface area contributed by atoms with Crippen LogP contribution in [0.4, 0.5) is 0 Å². The molecule has 4 rings (SSSR count). The third kappa shape index (κ3) is 4.16. The summed E-state index contributed by atoms with van der Waals surface area (Å²) in [6.07, 6.45) is 5.63. The maximum Gasteiger partial charge on any atom is 0.220 e. The van der Waals surface area contributed by atoms with E-state index < -0.39 is 0 Å². The minimum absolute atomic E-state index is 0.105. The zero-order chi connectivity index (χ0) is 19.3. The summed E-state index contributed by atoms with van der Waals surface area (Å²) in [5, 5.41) is 7.89. The Balaban J connectivity index is 1.33. The van der Waals surface area contributed by atoms with E-state index in [9.17, 15) is 4.79 Å². The van der Waals surface area contributed by atoms with E-state index in [1.807, 2.05) is 18.2 Å². The number of aromatic nitrogens is 2. The molecule has 1 heterocycles. The number of carbonyl (C=O) groups is 1. The van der Waals surface area contributed by atoms with Crippen LogP contribution in [-0.2, 0) is 30.6 Å². The maximum atomic E-state index is 12.3. The predicted molar refractivity (Wildman–Crippen MR) is 112 cm³/mol. The Kier molecular flexibility index (Phi) is 5.56. The Bertz CT molecular complexity index is 942.